The molecule has 3 heteroatoms. The van der Waals surface area contributed by atoms with Crippen molar-refractivity contribution in [1.29, 1.82) is 0 Å². The Morgan fingerprint density at radius 2 is 2.27 bits per heavy atom. The normalized spacial score (nSPS) is 27.2. The zero-order valence-corrected chi connectivity index (χ0v) is 9.90. The second-order valence-electron chi connectivity index (χ2n) is 5.06. The van der Waals surface area contributed by atoms with Crippen molar-refractivity contribution >= 4 is 0 Å². The van der Waals surface area contributed by atoms with Crippen LogP contribution in [0.1, 0.15) is 44.7 Å². The standard InChI is InChI=1S/C12H21N3/c1-9(2)11-6-14-15(8-11)12-4-10(3)5-13-7-12/h6,8-10,12-13H,4-5,7H2,1-3H3. The summed E-state index contributed by atoms with van der Waals surface area (Å²) in [5.74, 6) is 1.34. The zero-order chi connectivity index (χ0) is 10.8. The van der Waals surface area contributed by atoms with Crippen LogP contribution < -0.4 is 5.32 Å². The van der Waals surface area contributed by atoms with Gasteiger partial charge in [0.15, 0.2) is 0 Å². The highest BCUT2D eigenvalue weighted by Gasteiger charge is 2.20. The molecule has 2 heterocycles. The Labute approximate surface area is 91.9 Å². The smallest absolute Gasteiger partial charge is 0.0646 e. The van der Waals surface area contributed by atoms with E-state index in [9.17, 15) is 0 Å². The predicted octanol–water partition coefficient (Wildman–Crippen LogP) is 2.18. The Balaban J connectivity index is 2.08. The van der Waals surface area contributed by atoms with Gasteiger partial charge in [-0.15, -0.1) is 0 Å². The number of hydrogen-bond acceptors (Lipinski definition) is 2. The molecule has 1 aromatic heterocycles. The van der Waals surface area contributed by atoms with Crippen LogP contribution in [-0.2, 0) is 0 Å². The van der Waals surface area contributed by atoms with E-state index in [2.05, 4.69) is 42.1 Å². The van der Waals surface area contributed by atoms with E-state index in [0.717, 1.165) is 19.0 Å². The predicted molar refractivity (Wildman–Crippen MR) is 62.0 cm³/mol. The fourth-order valence-corrected chi connectivity index (χ4v) is 2.18. The van der Waals surface area contributed by atoms with E-state index in [1.54, 1.807) is 0 Å². The fourth-order valence-electron chi connectivity index (χ4n) is 2.18. The molecule has 1 fully saturated rings. The summed E-state index contributed by atoms with van der Waals surface area (Å²) in [7, 11) is 0. The molecule has 1 aliphatic rings. The van der Waals surface area contributed by atoms with E-state index in [4.69, 9.17) is 0 Å². The van der Waals surface area contributed by atoms with Crippen LogP contribution >= 0.6 is 0 Å². The maximum absolute atomic E-state index is 4.47. The molecular formula is C12H21N3. The van der Waals surface area contributed by atoms with Crippen molar-refractivity contribution in [3.63, 3.8) is 0 Å². The number of aromatic nitrogens is 2. The van der Waals surface area contributed by atoms with Gasteiger partial charge in [-0.05, 0) is 30.4 Å². The molecule has 0 saturated carbocycles. The first-order chi connectivity index (χ1) is 7.16. The lowest BCUT2D eigenvalue weighted by Gasteiger charge is -2.27. The minimum atomic E-state index is 0.543. The first-order valence-corrected chi connectivity index (χ1v) is 5.91. The van der Waals surface area contributed by atoms with Crippen molar-refractivity contribution in [3.8, 4) is 0 Å². The van der Waals surface area contributed by atoms with Crippen LogP contribution in [0.3, 0.4) is 0 Å². The Kier molecular flexibility index (Phi) is 3.10. The van der Waals surface area contributed by atoms with Crippen molar-refractivity contribution in [2.75, 3.05) is 13.1 Å². The lowest BCUT2D eigenvalue weighted by molar-refractivity contribution is 0.285. The van der Waals surface area contributed by atoms with Gasteiger partial charge in [0.05, 0.1) is 12.2 Å². The molecule has 15 heavy (non-hydrogen) atoms. The lowest BCUT2D eigenvalue weighted by Crippen LogP contribution is -2.36. The third-order valence-electron chi connectivity index (χ3n) is 3.21. The molecule has 0 bridgehead atoms. The molecule has 2 unspecified atom stereocenters. The van der Waals surface area contributed by atoms with Gasteiger partial charge in [-0.25, -0.2) is 0 Å². The number of nitrogens with one attached hydrogen (secondary N) is 1. The highest BCUT2D eigenvalue weighted by atomic mass is 15.3. The first-order valence-electron chi connectivity index (χ1n) is 5.91. The monoisotopic (exact) mass is 207 g/mol. The molecule has 0 aromatic carbocycles. The molecule has 1 saturated heterocycles. The highest BCUT2D eigenvalue weighted by Crippen LogP contribution is 2.22. The minimum Gasteiger partial charge on any atom is -0.314 e. The van der Waals surface area contributed by atoms with E-state index in [0.29, 0.717) is 12.0 Å². The Morgan fingerprint density at radius 1 is 1.47 bits per heavy atom. The van der Waals surface area contributed by atoms with Crippen molar-refractivity contribution in [1.82, 2.24) is 15.1 Å². The van der Waals surface area contributed by atoms with E-state index in [-0.39, 0.29) is 0 Å². The third-order valence-corrected chi connectivity index (χ3v) is 3.21. The van der Waals surface area contributed by atoms with Crippen LogP contribution in [-0.4, -0.2) is 22.9 Å². The second kappa shape index (κ2) is 4.35. The first kappa shape index (κ1) is 10.7. The van der Waals surface area contributed by atoms with Crippen LogP contribution in [0.2, 0.25) is 0 Å². The number of hydrogen-bond donors (Lipinski definition) is 1. The highest BCUT2D eigenvalue weighted by molar-refractivity contribution is 5.09. The molecule has 1 aliphatic heterocycles. The zero-order valence-electron chi connectivity index (χ0n) is 9.90. The molecule has 3 nitrogen and oxygen atoms in total. The molecular weight excluding hydrogens is 186 g/mol. The van der Waals surface area contributed by atoms with E-state index >= 15 is 0 Å². The molecule has 1 N–H and O–H groups in total. The maximum atomic E-state index is 4.47. The van der Waals surface area contributed by atoms with Crippen LogP contribution in [0.15, 0.2) is 12.4 Å². The van der Waals surface area contributed by atoms with Gasteiger partial charge in [-0.1, -0.05) is 20.8 Å². The molecule has 0 amide bonds. The second-order valence-corrected chi connectivity index (χ2v) is 5.06. The summed E-state index contributed by atoms with van der Waals surface area (Å²) in [5.41, 5.74) is 1.34. The number of nitrogens with zero attached hydrogens (tertiary/aromatic N) is 2. The molecule has 0 aliphatic carbocycles. The topological polar surface area (TPSA) is 29.9 Å². The Morgan fingerprint density at radius 3 is 2.87 bits per heavy atom. The van der Waals surface area contributed by atoms with Gasteiger partial charge < -0.3 is 5.32 Å². The van der Waals surface area contributed by atoms with Gasteiger partial charge in [0.1, 0.15) is 0 Å². The van der Waals surface area contributed by atoms with Crippen molar-refractivity contribution in [2.24, 2.45) is 5.92 Å². The Bertz CT molecular complexity index is 316. The largest absolute Gasteiger partial charge is 0.314 e. The van der Waals surface area contributed by atoms with E-state index in [1.807, 2.05) is 6.20 Å². The molecule has 1 aromatic rings. The van der Waals surface area contributed by atoms with Crippen LogP contribution in [0, 0.1) is 5.92 Å². The average Bonchev–Trinajstić information content (AvgIpc) is 2.66. The summed E-state index contributed by atoms with van der Waals surface area (Å²) >= 11 is 0. The summed E-state index contributed by atoms with van der Waals surface area (Å²) in [4.78, 5) is 0. The molecule has 0 spiro atoms. The summed E-state index contributed by atoms with van der Waals surface area (Å²) in [5, 5.41) is 7.93. The number of piperidine rings is 1. The van der Waals surface area contributed by atoms with E-state index in [1.165, 1.54) is 12.0 Å². The summed E-state index contributed by atoms with van der Waals surface area (Å²) in [6.45, 7) is 8.93. The van der Waals surface area contributed by atoms with Gasteiger partial charge >= 0.3 is 0 Å². The minimum absolute atomic E-state index is 0.543. The van der Waals surface area contributed by atoms with Gasteiger partial charge in [-0.3, -0.25) is 4.68 Å². The third kappa shape index (κ3) is 2.40. The Hall–Kier alpha value is -0.830. The quantitative estimate of drug-likeness (QED) is 0.805. The van der Waals surface area contributed by atoms with Crippen LogP contribution in [0.4, 0.5) is 0 Å². The van der Waals surface area contributed by atoms with Gasteiger partial charge in [0.25, 0.3) is 0 Å². The van der Waals surface area contributed by atoms with Crippen molar-refractivity contribution in [3.05, 3.63) is 18.0 Å². The SMILES string of the molecule is CC1CNCC(n2cc(C(C)C)cn2)C1. The lowest BCUT2D eigenvalue weighted by atomic mass is 9.98. The summed E-state index contributed by atoms with van der Waals surface area (Å²) in [6, 6.07) is 0.543. The van der Waals surface area contributed by atoms with E-state index < -0.39 is 0 Å². The molecule has 2 rings (SSSR count). The van der Waals surface area contributed by atoms with Crippen LogP contribution in [0.5, 0.6) is 0 Å². The van der Waals surface area contributed by atoms with Crippen molar-refractivity contribution < 1.29 is 0 Å². The molecule has 2 atom stereocenters. The van der Waals surface area contributed by atoms with Crippen molar-refractivity contribution in [2.45, 2.75) is 39.2 Å². The molecule has 84 valence electrons. The summed E-state index contributed by atoms with van der Waals surface area (Å²) in [6.07, 6.45) is 5.45. The fraction of sp³-hybridized carbons (Fsp3) is 0.750. The van der Waals surface area contributed by atoms with Crippen LogP contribution in [0.25, 0.3) is 0 Å². The van der Waals surface area contributed by atoms with Gasteiger partial charge in [-0.2, -0.15) is 5.10 Å². The van der Waals surface area contributed by atoms with Gasteiger partial charge in [0.2, 0.25) is 0 Å². The maximum Gasteiger partial charge on any atom is 0.0646 e. The summed E-state index contributed by atoms with van der Waals surface area (Å²) < 4.78 is 2.14. The molecule has 0 radical (unpaired) electrons. The van der Waals surface area contributed by atoms with Gasteiger partial charge in [0, 0.05) is 12.7 Å². The average molecular weight is 207 g/mol. The number of rotatable bonds is 2.